The van der Waals surface area contributed by atoms with Crippen LogP contribution in [0.15, 0.2) is 23.1 Å². The van der Waals surface area contributed by atoms with E-state index in [-0.39, 0.29) is 23.6 Å². The van der Waals surface area contributed by atoms with Gasteiger partial charge in [0.25, 0.3) is 0 Å². The highest BCUT2D eigenvalue weighted by molar-refractivity contribution is 5.88. The highest BCUT2D eigenvalue weighted by Gasteiger charge is 2.18. The summed E-state index contributed by atoms with van der Waals surface area (Å²) < 4.78 is 1.39. The number of anilines is 1. The number of aromatic nitrogens is 1. The van der Waals surface area contributed by atoms with Crippen molar-refractivity contribution in [3.8, 4) is 0 Å². The summed E-state index contributed by atoms with van der Waals surface area (Å²) in [5, 5.41) is 14.3. The van der Waals surface area contributed by atoms with Crippen LogP contribution < -0.4 is 16.2 Å². The fraction of sp³-hybridized carbons (Fsp3) is 0.538. The quantitative estimate of drug-likeness (QED) is 0.741. The lowest BCUT2D eigenvalue weighted by Crippen LogP contribution is -2.37. The highest BCUT2D eigenvalue weighted by atomic mass is 16.3. The summed E-state index contributed by atoms with van der Waals surface area (Å²) in [6.45, 7) is 4.49. The first-order valence-electron chi connectivity index (χ1n) is 6.16. The number of hydrogen-bond donors (Lipinski definition) is 3. The van der Waals surface area contributed by atoms with Gasteiger partial charge in [-0.05, 0) is 17.9 Å². The molecule has 0 aliphatic carbocycles. The molecule has 1 heterocycles. The molecule has 2 amide bonds. The van der Waals surface area contributed by atoms with Crippen molar-refractivity contribution in [2.45, 2.75) is 20.3 Å². The molecule has 19 heavy (non-hydrogen) atoms. The number of aryl methyl sites for hydroxylation is 1. The van der Waals surface area contributed by atoms with Gasteiger partial charge in [-0.15, -0.1) is 0 Å². The fourth-order valence-corrected chi connectivity index (χ4v) is 1.55. The van der Waals surface area contributed by atoms with Gasteiger partial charge in [-0.2, -0.15) is 0 Å². The summed E-state index contributed by atoms with van der Waals surface area (Å²) in [5.41, 5.74) is 0.268. The number of amides is 2. The summed E-state index contributed by atoms with van der Waals surface area (Å²) in [6.07, 6.45) is 2.17. The maximum atomic E-state index is 11.7. The average Bonchev–Trinajstić information content (AvgIpc) is 2.32. The molecule has 0 atom stereocenters. The van der Waals surface area contributed by atoms with E-state index < -0.39 is 0 Å². The van der Waals surface area contributed by atoms with E-state index in [2.05, 4.69) is 10.6 Å². The molecule has 6 nitrogen and oxygen atoms in total. The zero-order valence-electron chi connectivity index (χ0n) is 11.6. The minimum atomic E-state index is -0.329. The molecule has 0 aliphatic heterocycles. The van der Waals surface area contributed by atoms with Gasteiger partial charge in [0.2, 0.25) is 5.56 Å². The van der Waals surface area contributed by atoms with E-state index >= 15 is 0 Å². The van der Waals surface area contributed by atoms with Crippen LogP contribution in [0.25, 0.3) is 0 Å². The SMILES string of the molecule is Cn1cc(NC(=O)NCC(C)(C)CCO)ccc1=O. The summed E-state index contributed by atoms with van der Waals surface area (Å²) in [6, 6.07) is 2.62. The monoisotopic (exact) mass is 267 g/mol. The van der Waals surface area contributed by atoms with Gasteiger partial charge in [-0.25, -0.2) is 4.79 Å². The Kier molecular flexibility index (Phi) is 5.11. The van der Waals surface area contributed by atoms with Gasteiger partial charge in [0.05, 0.1) is 5.69 Å². The van der Waals surface area contributed by atoms with Crippen LogP contribution in [0.2, 0.25) is 0 Å². The van der Waals surface area contributed by atoms with E-state index in [1.54, 1.807) is 19.3 Å². The Balaban J connectivity index is 2.51. The number of rotatable bonds is 5. The van der Waals surface area contributed by atoms with Gasteiger partial charge < -0.3 is 20.3 Å². The lowest BCUT2D eigenvalue weighted by Gasteiger charge is -2.23. The standard InChI is InChI=1S/C13H21N3O3/c1-13(2,6-7-17)9-14-12(19)15-10-4-5-11(18)16(3)8-10/h4-5,8,17H,6-7,9H2,1-3H3,(H2,14,15,19). The van der Waals surface area contributed by atoms with E-state index in [4.69, 9.17) is 5.11 Å². The van der Waals surface area contributed by atoms with Crippen LogP contribution in [0.4, 0.5) is 10.5 Å². The lowest BCUT2D eigenvalue weighted by atomic mass is 9.90. The van der Waals surface area contributed by atoms with E-state index in [0.29, 0.717) is 18.7 Å². The molecule has 0 aromatic carbocycles. The maximum Gasteiger partial charge on any atom is 0.319 e. The van der Waals surface area contributed by atoms with Crippen molar-refractivity contribution in [3.63, 3.8) is 0 Å². The molecule has 0 spiro atoms. The number of aliphatic hydroxyl groups is 1. The second-order valence-corrected chi connectivity index (χ2v) is 5.31. The van der Waals surface area contributed by atoms with Crippen molar-refractivity contribution in [1.29, 1.82) is 0 Å². The molecular formula is C13H21N3O3. The summed E-state index contributed by atoms with van der Waals surface area (Å²) in [4.78, 5) is 22.9. The van der Waals surface area contributed by atoms with Crippen molar-refractivity contribution in [1.82, 2.24) is 9.88 Å². The van der Waals surface area contributed by atoms with Crippen molar-refractivity contribution in [2.24, 2.45) is 12.5 Å². The second-order valence-electron chi connectivity index (χ2n) is 5.31. The molecule has 1 rings (SSSR count). The minimum Gasteiger partial charge on any atom is -0.396 e. The largest absolute Gasteiger partial charge is 0.396 e. The molecule has 3 N–H and O–H groups in total. The third kappa shape index (κ3) is 5.13. The molecule has 0 unspecified atom stereocenters. The van der Waals surface area contributed by atoms with Gasteiger partial charge in [0.1, 0.15) is 0 Å². The zero-order valence-corrected chi connectivity index (χ0v) is 11.6. The smallest absolute Gasteiger partial charge is 0.319 e. The van der Waals surface area contributed by atoms with Crippen molar-refractivity contribution >= 4 is 11.7 Å². The van der Waals surface area contributed by atoms with E-state index in [1.165, 1.54) is 10.6 Å². The first-order chi connectivity index (χ1) is 8.84. The first kappa shape index (κ1) is 15.2. The number of carbonyl (C=O) groups excluding carboxylic acids is 1. The summed E-state index contributed by atoms with van der Waals surface area (Å²) in [5.74, 6) is 0. The van der Waals surface area contributed by atoms with E-state index in [9.17, 15) is 9.59 Å². The summed E-state index contributed by atoms with van der Waals surface area (Å²) in [7, 11) is 1.62. The molecule has 0 fully saturated rings. The van der Waals surface area contributed by atoms with Crippen LogP contribution in [0.3, 0.4) is 0 Å². The van der Waals surface area contributed by atoms with Crippen LogP contribution in [0, 0.1) is 5.41 Å². The number of nitrogens with one attached hydrogen (secondary N) is 2. The molecule has 0 saturated carbocycles. The molecule has 0 saturated heterocycles. The third-order valence-corrected chi connectivity index (χ3v) is 2.86. The minimum absolute atomic E-state index is 0.0943. The number of hydrogen-bond acceptors (Lipinski definition) is 3. The van der Waals surface area contributed by atoms with Crippen LogP contribution >= 0.6 is 0 Å². The molecule has 1 aromatic heterocycles. The van der Waals surface area contributed by atoms with Gasteiger partial charge >= 0.3 is 6.03 Å². The Morgan fingerprint density at radius 2 is 2.11 bits per heavy atom. The van der Waals surface area contributed by atoms with Gasteiger partial charge in [0, 0.05) is 32.5 Å². The Bertz CT molecular complexity index is 494. The van der Waals surface area contributed by atoms with Gasteiger partial charge in [-0.3, -0.25) is 4.79 Å². The summed E-state index contributed by atoms with van der Waals surface area (Å²) >= 11 is 0. The maximum absolute atomic E-state index is 11.7. The predicted molar refractivity (Wildman–Crippen MR) is 74.2 cm³/mol. The van der Waals surface area contributed by atoms with Crippen molar-refractivity contribution in [3.05, 3.63) is 28.7 Å². The Labute approximate surface area is 112 Å². The Morgan fingerprint density at radius 1 is 1.42 bits per heavy atom. The van der Waals surface area contributed by atoms with Crippen molar-refractivity contribution in [2.75, 3.05) is 18.5 Å². The molecule has 0 bridgehead atoms. The predicted octanol–water partition coefficient (Wildman–Crippen LogP) is 0.915. The van der Waals surface area contributed by atoms with Crippen molar-refractivity contribution < 1.29 is 9.90 Å². The molecule has 0 radical (unpaired) electrons. The number of aliphatic hydroxyl groups excluding tert-OH is 1. The second kappa shape index (κ2) is 6.38. The normalized spacial score (nSPS) is 11.2. The van der Waals surface area contributed by atoms with Crippen LogP contribution in [0.5, 0.6) is 0 Å². The topological polar surface area (TPSA) is 83.4 Å². The third-order valence-electron chi connectivity index (χ3n) is 2.86. The molecule has 106 valence electrons. The average molecular weight is 267 g/mol. The fourth-order valence-electron chi connectivity index (χ4n) is 1.55. The van der Waals surface area contributed by atoms with E-state index in [1.807, 2.05) is 13.8 Å². The molecule has 1 aromatic rings. The highest BCUT2D eigenvalue weighted by Crippen LogP contribution is 2.17. The number of pyridine rings is 1. The van der Waals surface area contributed by atoms with Gasteiger partial charge in [-0.1, -0.05) is 13.8 Å². The Hall–Kier alpha value is -1.82. The lowest BCUT2D eigenvalue weighted by molar-refractivity contribution is 0.204. The Morgan fingerprint density at radius 3 is 2.68 bits per heavy atom. The van der Waals surface area contributed by atoms with Crippen LogP contribution in [-0.4, -0.2) is 28.9 Å². The van der Waals surface area contributed by atoms with Crippen LogP contribution in [-0.2, 0) is 7.05 Å². The number of urea groups is 1. The molecule has 0 aliphatic rings. The zero-order chi connectivity index (χ0) is 14.5. The van der Waals surface area contributed by atoms with Gasteiger partial charge in [0.15, 0.2) is 0 Å². The molecular weight excluding hydrogens is 246 g/mol. The first-order valence-corrected chi connectivity index (χ1v) is 6.16. The van der Waals surface area contributed by atoms with E-state index in [0.717, 1.165) is 0 Å². The van der Waals surface area contributed by atoms with Crippen LogP contribution in [0.1, 0.15) is 20.3 Å². The molecule has 6 heteroatoms. The number of carbonyl (C=O) groups is 1. The number of nitrogens with zero attached hydrogens (tertiary/aromatic N) is 1.